The molecule has 6 nitrogen and oxygen atoms in total. The van der Waals surface area contributed by atoms with E-state index in [0.29, 0.717) is 36.9 Å². The monoisotopic (exact) mass is 328 g/mol. The maximum absolute atomic E-state index is 12.8. The Balaban J connectivity index is 1.77. The summed E-state index contributed by atoms with van der Waals surface area (Å²) in [5.74, 6) is 0.462. The summed E-state index contributed by atoms with van der Waals surface area (Å²) in [6, 6.07) is 8.78. The minimum absolute atomic E-state index is 0.00521. The standard InChI is InChI=1S/C18H20N2O4/c1-12-17(24-13(2)19-12)18(22)20-8-9-23-11-15(20)10-16(21)14-6-4-3-5-7-14/h3-7,15H,8-11H2,1-2H3. The molecule has 0 N–H and O–H groups in total. The molecule has 1 unspecified atom stereocenters. The van der Waals surface area contributed by atoms with Gasteiger partial charge in [0.1, 0.15) is 0 Å². The fraction of sp³-hybridized carbons (Fsp3) is 0.389. The second-order valence-corrected chi connectivity index (χ2v) is 5.87. The van der Waals surface area contributed by atoms with E-state index in [-0.39, 0.29) is 29.9 Å². The number of ether oxygens (including phenoxy) is 1. The lowest BCUT2D eigenvalue weighted by Gasteiger charge is -2.34. The quantitative estimate of drug-likeness (QED) is 0.806. The van der Waals surface area contributed by atoms with Crippen molar-refractivity contribution in [1.29, 1.82) is 0 Å². The highest BCUT2D eigenvalue weighted by atomic mass is 16.5. The highest BCUT2D eigenvalue weighted by Crippen LogP contribution is 2.19. The summed E-state index contributed by atoms with van der Waals surface area (Å²) in [6.45, 7) is 4.68. The molecular formula is C18H20N2O4. The van der Waals surface area contributed by atoms with E-state index in [9.17, 15) is 9.59 Å². The molecule has 126 valence electrons. The van der Waals surface area contributed by atoms with Crippen molar-refractivity contribution in [2.75, 3.05) is 19.8 Å². The Morgan fingerprint density at radius 2 is 2.00 bits per heavy atom. The molecule has 3 rings (SSSR count). The van der Waals surface area contributed by atoms with Crippen molar-refractivity contribution in [1.82, 2.24) is 9.88 Å². The number of carbonyl (C=O) groups is 2. The molecule has 1 amide bonds. The zero-order valence-corrected chi connectivity index (χ0v) is 13.8. The van der Waals surface area contributed by atoms with Gasteiger partial charge in [-0.2, -0.15) is 0 Å². The average molecular weight is 328 g/mol. The lowest BCUT2D eigenvalue weighted by atomic mass is 10.0. The Bertz CT molecular complexity index is 739. The van der Waals surface area contributed by atoms with Crippen LogP contribution in [0.1, 0.15) is 38.9 Å². The second-order valence-electron chi connectivity index (χ2n) is 5.87. The average Bonchev–Trinajstić information content (AvgIpc) is 2.94. The molecule has 0 radical (unpaired) electrons. The van der Waals surface area contributed by atoms with Crippen molar-refractivity contribution < 1.29 is 18.7 Å². The van der Waals surface area contributed by atoms with Gasteiger partial charge in [0, 0.05) is 25.5 Å². The summed E-state index contributed by atoms with van der Waals surface area (Å²) in [4.78, 5) is 31.1. The van der Waals surface area contributed by atoms with Gasteiger partial charge in [-0.3, -0.25) is 9.59 Å². The number of oxazole rings is 1. The number of carbonyl (C=O) groups excluding carboxylic acids is 2. The van der Waals surface area contributed by atoms with Crippen LogP contribution in [0.3, 0.4) is 0 Å². The highest BCUT2D eigenvalue weighted by Gasteiger charge is 2.32. The van der Waals surface area contributed by atoms with E-state index in [1.165, 1.54) is 0 Å². The van der Waals surface area contributed by atoms with Gasteiger partial charge in [-0.15, -0.1) is 0 Å². The summed E-state index contributed by atoms with van der Waals surface area (Å²) in [5.41, 5.74) is 1.21. The minimum atomic E-state index is -0.302. The maximum atomic E-state index is 12.8. The summed E-state index contributed by atoms with van der Waals surface area (Å²) in [6.07, 6.45) is 0.224. The highest BCUT2D eigenvalue weighted by molar-refractivity contribution is 5.97. The molecule has 2 heterocycles. The van der Waals surface area contributed by atoms with E-state index < -0.39 is 0 Å². The maximum Gasteiger partial charge on any atom is 0.291 e. The minimum Gasteiger partial charge on any atom is -0.436 e. The van der Waals surface area contributed by atoms with Gasteiger partial charge in [0.05, 0.1) is 24.9 Å². The van der Waals surface area contributed by atoms with Gasteiger partial charge in [-0.05, 0) is 6.92 Å². The predicted octanol–water partition coefficient (Wildman–Crippen LogP) is 2.41. The third kappa shape index (κ3) is 3.38. The molecule has 1 aromatic carbocycles. The van der Waals surface area contributed by atoms with Gasteiger partial charge in [-0.1, -0.05) is 30.3 Å². The number of Topliss-reactive ketones (excluding diaryl/α,β-unsaturated/α-hetero) is 1. The largest absolute Gasteiger partial charge is 0.436 e. The van der Waals surface area contributed by atoms with Crippen molar-refractivity contribution in [2.45, 2.75) is 26.3 Å². The molecule has 2 aromatic rings. The van der Waals surface area contributed by atoms with Crippen LogP contribution in [-0.4, -0.2) is 47.4 Å². The van der Waals surface area contributed by atoms with Crippen molar-refractivity contribution in [3.05, 3.63) is 53.2 Å². The zero-order chi connectivity index (χ0) is 17.1. The molecule has 0 bridgehead atoms. The number of benzene rings is 1. The summed E-state index contributed by atoms with van der Waals surface area (Å²) >= 11 is 0. The molecule has 1 aromatic heterocycles. The van der Waals surface area contributed by atoms with Crippen LogP contribution in [0.15, 0.2) is 34.7 Å². The van der Waals surface area contributed by atoms with Gasteiger partial charge in [-0.25, -0.2) is 4.98 Å². The van der Waals surface area contributed by atoms with Crippen molar-refractivity contribution in [3.8, 4) is 0 Å². The van der Waals surface area contributed by atoms with Crippen molar-refractivity contribution in [3.63, 3.8) is 0 Å². The number of hydrogen-bond donors (Lipinski definition) is 0. The van der Waals surface area contributed by atoms with Crippen LogP contribution in [0, 0.1) is 13.8 Å². The van der Waals surface area contributed by atoms with Crippen LogP contribution in [0.25, 0.3) is 0 Å². The third-order valence-corrected chi connectivity index (χ3v) is 4.10. The number of hydrogen-bond acceptors (Lipinski definition) is 5. The Morgan fingerprint density at radius 3 is 2.67 bits per heavy atom. The first-order valence-electron chi connectivity index (χ1n) is 7.97. The number of nitrogens with zero attached hydrogens (tertiary/aromatic N) is 2. The van der Waals surface area contributed by atoms with E-state index in [1.54, 1.807) is 30.9 Å². The lowest BCUT2D eigenvalue weighted by molar-refractivity contribution is -0.00441. The first-order valence-corrected chi connectivity index (χ1v) is 7.97. The van der Waals surface area contributed by atoms with Gasteiger partial charge in [0.2, 0.25) is 5.76 Å². The number of aryl methyl sites for hydroxylation is 2. The first kappa shape index (κ1) is 16.4. The third-order valence-electron chi connectivity index (χ3n) is 4.10. The van der Waals surface area contributed by atoms with Gasteiger partial charge in [0.15, 0.2) is 11.7 Å². The Kier molecular flexibility index (Phi) is 4.76. The fourth-order valence-corrected chi connectivity index (χ4v) is 2.91. The molecular weight excluding hydrogens is 308 g/mol. The number of aromatic nitrogens is 1. The van der Waals surface area contributed by atoms with Crippen LogP contribution in [0.5, 0.6) is 0 Å². The normalized spacial score (nSPS) is 17.8. The Labute approximate surface area is 140 Å². The summed E-state index contributed by atoms with van der Waals surface area (Å²) in [5, 5.41) is 0. The molecule has 6 heteroatoms. The van der Waals surface area contributed by atoms with E-state index in [4.69, 9.17) is 9.15 Å². The van der Waals surface area contributed by atoms with E-state index >= 15 is 0 Å². The molecule has 0 saturated carbocycles. The van der Waals surface area contributed by atoms with Crippen LogP contribution < -0.4 is 0 Å². The summed E-state index contributed by atoms with van der Waals surface area (Å²) < 4.78 is 10.9. The molecule has 1 atom stereocenters. The van der Waals surface area contributed by atoms with Crippen LogP contribution in [0.4, 0.5) is 0 Å². The van der Waals surface area contributed by atoms with Gasteiger partial charge < -0.3 is 14.1 Å². The topological polar surface area (TPSA) is 72.6 Å². The van der Waals surface area contributed by atoms with Gasteiger partial charge in [0.25, 0.3) is 5.91 Å². The molecule has 0 spiro atoms. The molecule has 24 heavy (non-hydrogen) atoms. The Hall–Kier alpha value is -2.47. The van der Waals surface area contributed by atoms with E-state index in [2.05, 4.69) is 4.98 Å². The molecule has 1 fully saturated rings. The van der Waals surface area contributed by atoms with Crippen molar-refractivity contribution >= 4 is 11.7 Å². The lowest BCUT2D eigenvalue weighted by Crippen LogP contribution is -2.49. The fourth-order valence-electron chi connectivity index (χ4n) is 2.91. The van der Waals surface area contributed by atoms with Crippen LogP contribution in [0.2, 0.25) is 0 Å². The number of ketones is 1. The number of rotatable bonds is 4. The second kappa shape index (κ2) is 6.97. The smallest absolute Gasteiger partial charge is 0.291 e. The van der Waals surface area contributed by atoms with E-state index in [0.717, 1.165) is 0 Å². The summed E-state index contributed by atoms with van der Waals surface area (Å²) in [7, 11) is 0. The Morgan fingerprint density at radius 1 is 1.25 bits per heavy atom. The zero-order valence-electron chi connectivity index (χ0n) is 13.8. The number of amides is 1. The number of morpholine rings is 1. The van der Waals surface area contributed by atoms with Crippen LogP contribution >= 0.6 is 0 Å². The first-order chi connectivity index (χ1) is 11.6. The molecule has 1 saturated heterocycles. The SMILES string of the molecule is Cc1nc(C)c(C(=O)N2CCOCC2CC(=O)c2ccccc2)o1. The van der Waals surface area contributed by atoms with Gasteiger partial charge >= 0.3 is 0 Å². The van der Waals surface area contributed by atoms with Crippen LogP contribution in [-0.2, 0) is 4.74 Å². The molecule has 1 aliphatic rings. The molecule has 0 aliphatic carbocycles. The van der Waals surface area contributed by atoms with Crippen molar-refractivity contribution in [2.24, 2.45) is 0 Å². The molecule has 1 aliphatic heterocycles. The van der Waals surface area contributed by atoms with E-state index in [1.807, 2.05) is 18.2 Å². The predicted molar refractivity (Wildman–Crippen MR) is 87.0 cm³/mol.